The minimum absolute atomic E-state index is 0.0317. The standard InChI is InChI=1S/C13H11F2NO2S2/c1-2-16-11(17)10(20-13(16)19)7-8-5-3-4-6-9(8)18-12(14)15/h3-7,12H,2H2,1H3. The van der Waals surface area contributed by atoms with Crippen LogP contribution in [0.15, 0.2) is 29.2 Å². The highest BCUT2D eigenvalue weighted by Crippen LogP contribution is 2.34. The molecule has 1 fully saturated rings. The van der Waals surface area contributed by atoms with E-state index in [1.165, 1.54) is 17.0 Å². The largest absolute Gasteiger partial charge is 0.434 e. The van der Waals surface area contributed by atoms with Crippen LogP contribution in [-0.2, 0) is 4.79 Å². The van der Waals surface area contributed by atoms with Crippen LogP contribution in [0.1, 0.15) is 12.5 Å². The Morgan fingerprint density at radius 2 is 2.15 bits per heavy atom. The van der Waals surface area contributed by atoms with Crippen molar-refractivity contribution in [2.75, 3.05) is 6.54 Å². The van der Waals surface area contributed by atoms with Crippen molar-refractivity contribution in [1.29, 1.82) is 0 Å². The van der Waals surface area contributed by atoms with Crippen molar-refractivity contribution >= 4 is 40.3 Å². The van der Waals surface area contributed by atoms with Crippen LogP contribution in [0.3, 0.4) is 0 Å². The normalized spacial score (nSPS) is 17.4. The maximum atomic E-state index is 12.3. The Morgan fingerprint density at radius 3 is 2.75 bits per heavy atom. The Bertz CT molecular complexity index is 575. The SMILES string of the molecule is CCN1C(=O)C(=Cc2ccccc2OC(F)F)SC1=S. The van der Waals surface area contributed by atoms with E-state index in [0.717, 1.165) is 11.8 Å². The molecule has 1 amide bonds. The van der Waals surface area contributed by atoms with Crippen LogP contribution in [0.4, 0.5) is 8.78 Å². The molecule has 106 valence electrons. The number of alkyl halides is 2. The first-order valence-corrected chi connectivity index (χ1v) is 7.04. The summed E-state index contributed by atoms with van der Waals surface area (Å²) in [6, 6.07) is 6.31. The molecule has 0 aromatic heterocycles. The number of amides is 1. The van der Waals surface area contributed by atoms with E-state index >= 15 is 0 Å². The molecule has 0 N–H and O–H groups in total. The van der Waals surface area contributed by atoms with Crippen molar-refractivity contribution in [3.8, 4) is 5.75 Å². The first-order chi connectivity index (χ1) is 9.52. The maximum absolute atomic E-state index is 12.3. The fourth-order valence-electron chi connectivity index (χ4n) is 1.72. The lowest BCUT2D eigenvalue weighted by Crippen LogP contribution is -2.27. The topological polar surface area (TPSA) is 29.5 Å². The summed E-state index contributed by atoms with van der Waals surface area (Å²) in [6.45, 7) is -0.603. The molecule has 0 unspecified atom stereocenters. The lowest BCUT2D eigenvalue weighted by Gasteiger charge is -2.10. The van der Waals surface area contributed by atoms with E-state index in [1.54, 1.807) is 18.2 Å². The van der Waals surface area contributed by atoms with E-state index in [0.29, 0.717) is 21.3 Å². The van der Waals surface area contributed by atoms with Crippen LogP contribution in [0.25, 0.3) is 6.08 Å². The minimum Gasteiger partial charge on any atom is -0.434 e. The lowest BCUT2D eigenvalue weighted by molar-refractivity contribution is -0.121. The van der Waals surface area contributed by atoms with Crippen LogP contribution < -0.4 is 4.74 Å². The number of hydrogen-bond donors (Lipinski definition) is 0. The number of nitrogens with zero attached hydrogens (tertiary/aromatic N) is 1. The summed E-state index contributed by atoms with van der Waals surface area (Å²) in [7, 11) is 0. The molecule has 1 aromatic carbocycles. The van der Waals surface area contributed by atoms with Gasteiger partial charge in [0.1, 0.15) is 10.1 Å². The molecule has 1 saturated heterocycles. The van der Waals surface area contributed by atoms with Crippen LogP contribution >= 0.6 is 24.0 Å². The molecule has 0 atom stereocenters. The fourth-order valence-corrected chi connectivity index (χ4v) is 3.09. The second kappa shape index (κ2) is 6.32. The van der Waals surface area contributed by atoms with Crippen molar-refractivity contribution in [1.82, 2.24) is 4.90 Å². The number of thioether (sulfide) groups is 1. The Morgan fingerprint density at radius 1 is 1.45 bits per heavy atom. The summed E-state index contributed by atoms with van der Waals surface area (Å²) >= 11 is 6.24. The summed E-state index contributed by atoms with van der Waals surface area (Å²) in [5.41, 5.74) is 0.421. The molecule has 3 nitrogen and oxygen atoms in total. The molecule has 0 radical (unpaired) electrons. The van der Waals surface area contributed by atoms with E-state index in [-0.39, 0.29) is 11.7 Å². The molecule has 0 bridgehead atoms. The van der Waals surface area contributed by atoms with Crippen molar-refractivity contribution in [3.05, 3.63) is 34.7 Å². The number of benzene rings is 1. The first-order valence-electron chi connectivity index (χ1n) is 5.82. The van der Waals surface area contributed by atoms with Gasteiger partial charge in [-0.3, -0.25) is 9.69 Å². The molecule has 0 spiro atoms. The zero-order valence-corrected chi connectivity index (χ0v) is 12.1. The Hall–Kier alpha value is -1.47. The van der Waals surface area contributed by atoms with Gasteiger partial charge in [-0.05, 0) is 19.1 Å². The van der Waals surface area contributed by atoms with Gasteiger partial charge in [0.15, 0.2) is 0 Å². The van der Waals surface area contributed by atoms with Gasteiger partial charge >= 0.3 is 6.61 Å². The molecule has 0 aliphatic carbocycles. The molecule has 20 heavy (non-hydrogen) atoms. The van der Waals surface area contributed by atoms with Gasteiger partial charge in [0.05, 0.1) is 4.91 Å². The van der Waals surface area contributed by atoms with Gasteiger partial charge in [-0.25, -0.2) is 0 Å². The predicted octanol–water partition coefficient (Wildman–Crippen LogP) is 3.51. The maximum Gasteiger partial charge on any atom is 0.387 e. The number of carbonyl (C=O) groups is 1. The van der Waals surface area contributed by atoms with Crippen LogP contribution in [-0.4, -0.2) is 28.3 Å². The molecule has 1 aliphatic heterocycles. The van der Waals surface area contributed by atoms with E-state index < -0.39 is 6.61 Å². The average molecular weight is 315 g/mol. The molecular formula is C13H11F2NO2S2. The second-order valence-corrected chi connectivity index (χ2v) is 5.52. The van der Waals surface area contributed by atoms with E-state index in [1.807, 2.05) is 6.92 Å². The number of carbonyl (C=O) groups excluding carboxylic acids is 1. The van der Waals surface area contributed by atoms with E-state index in [4.69, 9.17) is 12.2 Å². The summed E-state index contributed by atoms with van der Waals surface area (Å²) in [5.74, 6) is -0.182. The molecule has 7 heteroatoms. The van der Waals surface area contributed by atoms with E-state index in [9.17, 15) is 13.6 Å². The van der Waals surface area contributed by atoms with Gasteiger partial charge in [0, 0.05) is 12.1 Å². The van der Waals surface area contributed by atoms with Gasteiger partial charge in [-0.2, -0.15) is 8.78 Å². The number of thiocarbonyl (C=S) groups is 1. The van der Waals surface area contributed by atoms with Crippen molar-refractivity contribution in [2.45, 2.75) is 13.5 Å². The van der Waals surface area contributed by atoms with Gasteiger partial charge in [0.25, 0.3) is 5.91 Å². The number of ether oxygens (including phenoxy) is 1. The molecular weight excluding hydrogens is 304 g/mol. The van der Waals surface area contributed by atoms with Crippen LogP contribution in [0.2, 0.25) is 0 Å². The second-order valence-electron chi connectivity index (χ2n) is 3.84. The third-order valence-electron chi connectivity index (χ3n) is 2.61. The lowest BCUT2D eigenvalue weighted by atomic mass is 10.2. The van der Waals surface area contributed by atoms with Gasteiger partial charge in [-0.15, -0.1) is 0 Å². The number of para-hydroxylation sites is 1. The van der Waals surface area contributed by atoms with E-state index in [2.05, 4.69) is 4.74 Å². The first kappa shape index (κ1) is 14.9. The van der Waals surface area contributed by atoms with Crippen molar-refractivity contribution in [3.63, 3.8) is 0 Å². The Kier molecular flexibility index (Phi) is 4.72. The summed E-state index contributed by atoms with van der Waals surface area (Å²) in [6.07, 6.45) is 1.52. The Labute approximate surface area is 124 Å². The molecule has 0 saturated carbocycles. The summed E-state index contributed by atoms with van der Waals surface area (Å²) in [4.78, 5) is 13.9. The summed E-state index contributed by atoms with van der Waals surface area (Å²) < 4.78 is 29.5. The number of rotatable bonds is 4. The number of likely N-dealkylation sites (N-methyl/N-ethyl adjacent to an activating group) is 1. The quantitative estimate of drug-likeness (QED) is 0.628. The smallest absolute Gasteiger partial charge is 0.387 e. The van der Waals surface area contributed by atoms with Crippen molar-refractivity contribution < 1.29 is 18.3 Å². The highest BCUT2D eigenvalue weighted by Gasteiger charge is 2.30. The third kappa shape index (κ3) is 3.16. The van der Waals surface area contributed by atoms with Gasteiger partial charge < -0.3 is 4.74 Å². The highest BCUT2D eigenvalue weighted by molar-refractivity contribution is 8.26. The minimum atomic E-state index is -2.91. The summed E-state index contributed by atoms with van der Waals surface area (Å²) in [5, 5.41) is 0. The van der Waals surface area contributed by atoms with Crippen LogP contribution in [0, 0.1) is 0 Å². The monoisotopic (exact) mass is 315 g/mol. The predicted molar refractivity (Wildman–Crippen MR) is 78.6 cm³/mol. The van der Waals surface area contributed by atoms with Gasteiger partial charge in [-0.1, -0.05) is 42.2 Å². The zero-order chi connectivity index (χ0) is 14.7. The average Bonchev–Trinajstić information content (AvgIpc) is 2.66. The van der Waals surface area contributed by atoms with Crippen LogP contribution in [0.5, 0.6) is 5.75 Å². The number of halogens is 2. The number of hydrogen-bond acceptors (Lipinski definition) is 4. The molecule has 2 rings (SSSR count). The molecule has 1 heterocycles. The fraction of sp³-hybridized carbons (Fsp3) is 0.231. The Balaban J connectivity index is 2.32. The third-order valence-corrected chi connectivity index (χ3v) is 3.99. The van der Waals surface area contributed by atoms with Crippen molar-refractivity contribution in [2.24, 2.45) is 0 Å². The zero-order valence-electron chi connectivity index (χ0n) is 10.5. The molecule has 1 aliphatic rings. The molecule has 1 aromatic rings. The van der Waals surface area contributed by atoms with Gasteiger partial charge in [0.2, 0.25) is 0 Å². The highest BCUT2D eigenvalue weighted by atomic mass is 32.2.